The van der Waals surface area contributed by atoms with Crippen LogP contribution in [0.25, 0.3) is 0 Å². The molecule has 1 aromatic carbocycles. The minimum Gasteiger partial charge on any atom is -0.460 e. The van der Waals surface area contributed by atoms with E-state index in [9.17, 15) is 4.79 Å². The van der Waals surface area contributed by atoms with Crippen LogP contribution < -0.4 is 11.2 Å². The van der Waals surface area contributed by atoms with E-state index in [1.54, 1.807) is 11.8 Å². The highest BCUT2D eigenvalue weighted by Gasteiger charge is 2.28. The third-order valence-corrected chi connectivity index (χ3v) is 6.41. The average molecular weight is 450 g/mol. The smallest absolute Gasteiger partial charge is 0.302 e. The summed E-state index contributed by atoms with van der Waals surface area (Å²) in [6.45, 7) is 10.3. The summed E-state index contributed by atoms with van der Waals surface area (Å²) in [4.78, 5) is 11.7. The van der Waals surface area contributed by atoms with Crippen LogP contribution in [0.1, 0.15) is 53.0 Å². The van der Waals surface area contributed by atoms with Crippen LogP contribution in [-0.4, -0.2) is 42.6 Å². The van der Waals surface area contributed by atoms with Crippen molar-refractivity contribution in [2.75, 3.05) is 14.1 Å². The number of hydrogen-bond acceptors (Lipinski definition) is 6. The molecule has 4 atom stereocenters. The Balaban J connectivity index is 2.83. The molecule has 0 aliphatic heterocycles. The van der Waals surface area contributed by atoms with Crippen molar-refractivity contribution < 1.29 is 9.53 Å². The summed E-state index contributed by atoms with van der Waals surface area (Å²) >= 11 is 1.55. The van der Waals surface area contributed by atoms with E-state index in [2.05, 4.69) is 79.9 Å². The van der Waals surface area contributed by atoms with Gasteiger partial charge >= 0.3 is 5.97 Å². The maximum absolute atomic E-state index is 11.7. The van der Waals surface area contributed by atoms with Gasteiger partial charge in [0, 0.05) is 26.4 Å². The van der Waals surface area contributed by atoms with Crippen molar-refractivity contribution in [2.45, 2.75) is 71.4 Å². The van der Waals surface area contributed by atoms with Crippen LogP contribution >= 0.6 is 11.8 Å². The Hall–Kier alpha value is -1.34. The van der Waals surface area contributed by atoms with Gasteiger partial charge in [-0.3, -0.25) is 10.2 Å². The van der Waals surface area contributed by atoms with E-state index in [1.165, 1.54) is 12.5 Å². The van der Waals surface area contributed by atoms with Crippen molar-refractivity contribution in [3.63, 3.8) is 0 Å². The van der Waals surface area contributed by atoms with E-state index in [0.717, 1.165) is 12.8 Å². The third-order valence-electron chi connectivity index (χ3n) is 5.48. The summed E-state index contributed by atoms with van der Waals surface area (Å²) in [5, 5.41) is 3.85. The van der Waals surface area contributed by atoms with Crippen molar-refractivity contribution in [3.05, 3.63) is 47.4 Å². The minimum atomic E-state index is -0.354. The standard InChI is InChI=1S/C25H43N3O2S/c1-18(2)15-22(16-21-11-9-8-10-12-21)13-14-31-25(26)24(30-20(5)29)17-23(19(3)4)28(7)27-6/h8-14,18-19,22-25,27H,15-17,26H2,1-7H3/b14-13+. The molecule has 0 saturated heterocycles. The number of nitrogens with two attached hydrogens (primary N) is 1. The topological polar surface area (TPSA) is 67.6 Å². The Morgan fingerprint density at radius 3 is 2.35 bits per heavy atom. The number of ether oxygens (including phenoxy) is 1. The first-order valence-electron chi connectivity index (χ1n) is 11.3. The number of nitrogens with zero attached hydrogens (tertiary/aromatic N) is 1. The summed E-state index contributed by atoms with van der Waals surface area (Å²) < 4.78 is 5.63. The largest absolute Gasteiger partial charge is 0.460 e. The van der Waals surface area contributed by atoms with Gasteiger partial charge < -0.3 is 10.5 Å². The second-order valence-electron chi connectivity index (χ2n) is 9.04. The van der Waals surface area contributed by atoms with Gasteiger partial charge in [0.2, 0.25) is 0 Å². The van der Waals surface area contributed by atoms with Crippen LogP contribution in [-0.2, 0) is 16.0 Å². The molecule has 4 unspecified atom stereocenters. The molecule has 31 heavy (non-hydrogen) atoms. The first-order chi connectivity index (χ1) is 14.6. The van der Waals surface area contributed by atoms with Crippen molar-refractivity contribution in [3.8, 4) is 0 Å². The van der Waals surface area contributed by atoms with Crippen molar-refractivity contribution in [1.29, 1.82) is 0 Å². The highest BCUT2D eigenvalue weighted by atomic mass is 32.2. The van der Waals surface area contributed by atoms with Crippen LogP contribution in [0, 0.1) is 17.8 Å². The van der Waals surface area contributed by atoms with Crippen LogP contribution in [0.15, 0.2) is 41.8 Å². The molecular formula is C25H43N3O2S. The summed E-state index contributed by atoms with van der Waals surface area (Å²) in [6, 6.07) is 10.8. The van der Waals surface area contributed by atoms with Gasteiger partial charge in [0.05, 0.1) is 5.37 Å². The van der Waals surface area contributed by atoms with Gasteiger partial charge in [-0.05, 0) is 48.6 Å². The van der Waals surface area contributed by atoms with E-state index >= 15 is 0 Å². The molecule has 0 amide bonds. The molecule has 0 aromatic heterocycles. The van der Waals surface area contributed by atoms with Crippen LogP contribution in [0.2, 0.25) is 0 Å². The molecule has 0 radical (unpaired) electrons. The third kappa shape index (κ3) is 11.2. The molecule has 6 heteroatoms. The molecule has 1 aromatic rings. The number of esters is 1. The molecule has 0 aliphatic rings. The second kappa shape index (κ2) is 14.7. The quantitative estimate of drug-likeness (QED) is 0.241. The van der Waals surface area contributed by atoms with Crippen LogP contribution in [0.5, 0.6) is 0 Å². The van der Waals surface area contributed by atoms with Crippen molar-refractivity contribution >= 4 is 17.7 Å². The van der Waals surface area contributed by atoms with Crippen molar-refractivity contribution in [1.82, 2.24) is 10.4 Å². The molecule has 176 valence electrons. The fraction of sp³-hybridized carbons (Fsp3) is 0.640. The number of nitrogens with one attached hydrogen (secondary N) is 1. The van der Waals surface area contributed by atoms with E-state index < -0.39 is 0 Å². The zero-order valence-electron chi connectivity index (χ0n) is 20.4. The minimum absolute atomic E-state index is 0.205. The number of hydrazine groups is 1. The number of hydrogen-bond donors (Lipinski definition) is 2. The van der Waals surface area contributed by atoms with E-state index in [0.29, 0.717) is 24.2 Å². The molecule has 5 nitrogen and oxygen atoms in total. The molecule has 1 rings (SSSR count). The number of allylic oxidation sites excluding steroid dienone is 1. The maximum Gasteiger partial charge on any atom is 0.302 e. The predicted molar refractivity (Wildman–Crippen MR) is 133 cm³/mol. The molecule has 0 spiro atoms. The highest BCUT2D eigenvalue weighted by Crippen LogP contribution is 2.25. The molecule has 0 heterocycles. The molecule has 3 N–H and O–H groups in total. The van der Waals surface area contributed by atoms with E-state index in [-0.39, 0.29) is 23.5 Å². The predicted octanol–water partition coefficient (Wildman–Crippen LogP) is 4.84. The highest BCUT2D eigenvalue weighted by molar-refractivity contribution is 8.02. The van der Waals surface area contributed by atoms with E-state index in [1.807, 2.05) is 14.1 Å². The summed E-state index contributed by atoms with van der Waals surface area (Å²) in [7, 11) is 3.91. The lowest BCUT2D eigenvalue weighted by Gasteiger charge is -2.34. The van der Waals surface area contributed by atoms with Gasteiger partial charge in [-0.15, -0.1) is 11.8 Å². The van der Waals surface area contributed by atoms with Gasteiger partial charge in [0.15, 0.2) is 0 Å². The van der Waals surface area contributed by atoms with Crippen LogP contribution in [0.4, 0.5) is 0 Å². The lowest BCUT2D eigenvalue weighted by molar-refractivity contribution is -0.147. The zero-order chi connectivity index (χ0) is 23.4. The number of benzene rings is 1. The Morgan fingerprint density at radius 2 is 1.84 bits per heavy atom. The summed E-state index contributed by atoms with van der Waals surface area (Å²) in [5.74, 6) is 1.17. The number of rotatable bonds is 14. The molecule has 0 fully saturated rings. The Morgan fingerprint density at radius 1 is 1.19 bits per heavy atom. The van der Waals surface area contributed by atoms with Crippen molar-refractivity contribution in [2.24, 2.45) is 23.5 Å². The fourth-order valence-electron chi connectivity index (χ4n) is 3.83. The maximum atomic E-state index is 11.7. The Kier molecular flexibility index (Phi) is 13.1. The first-order valence-corrected chi connectivity index (χ1v) is 12.3. The molecular weight excluding hydrogens is 406 g/mol. The van der Waals surface area contributed by atoms with Crippen LogP contribution in [0.3, 0.4) is 0 Å². The normalized spacial score (nSPS) is 16.1. The summed E-state index contributed by atoms with van der Waals surface area (Å²) in [6.07, 6.45) is 4.73. The zero-order valence-corrected chi connectivity index (χ0v) is 21.2. The molecule has 0 aliphatic carbocycles. The summed E-state index contributed by atoms with van der Waals surface area (Å²) in [5.41, 5.74) is 11.0. The first kappa shape index (κ1) is 27.7. The SMILES string of the molecule is CNN(C)C(CC(OC(C)=O)C(N)S/C=C/C(Cc1ccccc1)CC(C)C)C(C)C. The monoisotopic (exact) mass is 449 g/mol. The Labute approximate surface area is 194 Å². The van der Waals surface area contributed by atoms with E-state index in [4.69, 9.17) is 10.5 Å². The van der Waals surface area contributed by atoms with Gasteiger partial charge in [0.25, 0.3) is 0 Å². The molecule has 0 saturated carbocycles. The van der Waals surface area contributed by atoms with Gasteiger partial charge in [0.1, 0.15) is 6.10 Å². The number of carbonyl (C=O) groups excluding carboxylic acids is 1. The van der Waals surface area contributed by atoms with Gasteiger partial charge in [-0.2, -0.15) is 0 Å². The lowest BCUT2D eigenvalue weighted by atomic mass is 9.91. The fourth-order valence-corrected chi connectivity index (χ4v) is 4.67. The van der Waals surface area contributed by atoms with Gasteiger partial charge in [-0.25, -0.2) is 5.01 Å². The lowest BCUT2D eigenvalue weighted by Crippen LogP contribution is -2.48. The number of carbonyl (C=O) groups is 1. The average Bonchev–Trinajstić information content (AvgIpc) is 2.70. The Bertz CT molecular complexity index is 651. The number of thioether (sulfide) groups is 1. The molecule has 0 bridgehead atoms. The van der Waals surface area contributed by atoms with Gasteiger partial charge in [-0.1, -0.05) is 64.1 Å². The second-order valence-corrected chi connectivity index (χ2v) is 10.1.